The van der Waals surface area contributed by atoms with Crippen LogP contribution in [0.3, 0.4) is 0 Å². The zero-order valence-electron chi connectivity index (χ0n) is 4.22. The van der Waals surface area contributed by atoms with Crippen molar-refractivity contribution >= 4 is 0 Å². The van der Waals surface area contributed by atoms with E-state index in [1.54, 1.807) is 0 Å². The largest absolute Gasteiger partial charge is 0.394 e. The third-order valence-corrected chi connectivity index (χ3v) is 0.350. The van der Waals surface area contributed by atoms with Crippen LogP contribution in [0.5, 0.6) is 0 Å². The van der Waals surface area contributed by atoms with E-state index in [1.165, 1.54) is 13.1 Å². The van der Waals surface area contributed by atoms with Gasteiger partial charge in [-0.15, -0.1) is 0 Å². The van der Waals surface area contributed by atoms with E-state index in [0.29, 0.717) is 0 Å². The van der Waals surface area contributed by atoms with Crippen LogP contribution >= 0.6 is 0 Å². The molecule has 0 amide bonds. The van der Waals surface area contributed by atoms with Gasteiger partial charge in [-0.3, -0.25) is 0 Å². The van der Waals surface area contributed by atoms with E-state index in [2.05, 4.69) is 5.32 Å². The Morgan fingerprint density at radius 1 is 1.14 bits per heavy atom. The molecule has 3 heteroatoms. The SMILES string of the molecule is C1CN1.OCCO. The first-order valence-corrected chi connectivity index (χ1v) is 2.34. The smallest absolute Gasteiger partial charge is 0.0662 e. The van der Waals surface area contributed by atoms with Crippen LogP contribution in [0.2, 0.25) is 0 Å². The molecule has 1 saturated heterocycles. The van der Waals surface area contributed by atoms with Gasteiger partial charge < -0.3 is 15.5 Å². The Bertz CT molecular complexity index is 26.1. The monoisotopic (exact) mass is 105 g/mol. The van der Waals surface area contributed by atoms with Gasteiger partial charge in [0.15, 0.2) is 0 Å². The highest BCUT2D eigenvalue weighted by Gasteiger charge is 1.91. The maximum absolute atomic E-state index is 7.62. The Labute approximate surface area is 43.0 Å². The van der Waals surface area contributed by atoms with Crippen molar-refractivity contribution in [3.8, 4) is 0 Å². The first kappa shape index (κ1) is 6.88. The summed E-state index contributed by atoms with van der Waals surface area (Å²) in [5, 5.41) is 18.2. The van der Waals surface area contributed by atoms with Crippen molar-refractivity contribution in [1.82, 2.24) is 5.32 Å². The van der Waals surface area contributed by atoms with Crippen LogP contribution in [0.4, 0.5) is 0 Å². The molecule has 1 aliphatic heterocycles. The molecule has 0 saturated carbocycles. The fourth-order valence-corrected chi connectivity index (χ4v) is 0. The van der Waals surface area contributed by atoms with E-state index >= 15 is 0 Å². The lowest BCUT2D eigenvalue weighted by Gasteiger charge is -1.70. The molecule has 1 rings (SSSR count). The third kappa shape index (κ3) is 25.0. The van der Waals surface area contributed by atoms with Crippen LogP contribution in [-0.4, -0.2) is 36.5 Å². The molecule has 0 radical (unpaired) electrons. The normalized spacial score (nSPS) is 14.6. The van der Waals surface area contributed by atoms with Crippen molar-refractivity contribution in [2.75, 3.05) is 26.3 Å². The number of aliphatic hydroxyl groups excluding tert-OH is 2. The quantitative estimate of drug-likeness (QED) is 0.358. The first-order valence-electron chi connectivity index (χ1n) is 2.34. The van der Waals surface area contributed by atoms with E-state index in [1.807, 2.05) is 0 Å². The second kappa shape index (κ2) is 5.88. The summed E-state index contributed by atoms with van der Waals surface area (Å²) in [7, 11) is 0. The van der Waals surface area contributed by atoms with Crippen LogP contribution in [0.25, 0.3) is 0 Å². The second-order valence-electron chi connectivity index (χ2n) is 1.20. The predicted molar refractivity (Wildman–Crippen MR) is 27.0 cm³/mol. The van der Waals surface area contributed by atoms with Gasteiger partial charge in [0, 0.05) is 13.1 Å². The maximum Gasteiger partial charge on any atom is 0.0662 e. The highest BCUT2D eigenvalue weighted by molar-refractivity contribution is 4.58. The lowest BCUT2D eigenvalue weighted by molar-refractivity contribution is 0.186. The summed E-state index contributed by atoms with van der Waals surface area (Å²) in [6.07, 6.45) is 0. The zero-order chi connectivity index (χ0) is 5.54. The summed E-state index contributed by atoms with van der Waals surface area (Å²) in [6, 6.07) is 0. The summed E-state index contributed by atoms with van der Waals surface area (Å²) in [5.74, 6) is 0. The number of rotatable bonds is 1. The van der Waals surface area contributed by atoms with Gasteiger partial charge in [0.2, 0.25) is 0 Å². The van der Waals surface area contributed by atoms with Crippen molar-refractivity contribution in [1.29, 1.82) is 0 Å². The van der Waals surface area contributed by atoms with Gasteiger partial charge in [0.25, 0.3) is 0 Å². The molecule has 1 aliphatic rings. The molecular formula is C4H11NO2. The lowest BCUT2D eigenvalue weighted by Crippen LogP contribution is -1.85. The van der Waals surface area contributed by atoms with Gasteiger partial charge in [0.05, 0.1) is 13.2 Å². The van der Waals surface area contributed by atoms with E-state index in [0.717, 1.165) is 0 Å². The minimum Gasteiger partial charge on any atom is -0.394 e. The standard InChI is InChI=1S/C2H5N.C2H6O2/c1-2-3-1;3-1-2-4/h3H,1-2H2;3-4H,1-2H2. The van der Waals surface area contributed by atoms with Crippen LogP contribution < -0.4 is 5.32 Å². The van der Waals surface area contributed by atoms with Gasteiger partial charge >= 0.3 is 0 Å². The van der Waals surface area contributed by atoms with E-state index in [-0.39, 0.29) is 13.2 Å². The molecule has 0 aromatic heterocycles. The molecule has 3 N–H and O–H groups in total. The summed E-state index contributed by atoms with van der Waals surface area (Å²) >= 11 is 0. The third-order valence-electron chi connectivity index (χ3n) is 0.350. The first-order chi connectivity index (χ1) is 3.41. The number of nitrogens with one attached hydrogen (secondary N) is 1. The van der Waals surface area contributed by atoms with Crippen molar-refractivity contribution in [2.24, 2.45) is 0 Å². The maximum atomic E-state index is 7.62. The van der Waals surface area contributed by atoms with Crippen molar-refractivity contribution in [3.05, 3.63) is 0 Å². The highest BCUT2D eigenvalue weighted by atomic mass is 16.3. The van der Waals surface area contributed by atoms with E-state index in [9.17, 15) is 0 Å². The van der Waals surface area contributed by atoms with Gasteiger partial charge in [-0.05, 0) is 0 Å². The Hall–Kier alpha value is -0.120. The summed E-state index contributed by atoms with van der Waals surface area (Å²) in [4.78, 5) is 0. The molecule has 0 aromatic carbocycles. The molecule has 44 valence electrons. The average Bonchev–Trinajstić information content (AvgIpc) is 2.47. The van der Waals surface area contributed by atoms with Crippen LogP contribution in [0.15, 0.2) is 0 Å². The van der Waals surface area contributed by atoms with E-state index in [4.69, 9.17) is 10.2 Å². The minimum atomic E-state index is -0.125. The molecule has 1 fully saturated rings. The minimum absolute atomic E-state index is 0.125. The Balaban J connectivity index is 0.000000105. The summed E-state index contributed by atoms with van der Waals surface area (Å²) < 4.78 is 0. The molecule has 0 spiro atoms. The van der Waals surface area contributed by atoms with Crippen molar-refractivity contribution < 1.29 is 10.2 Å². The second-order valence-corrected chi connectivity index (χ2v) is 1.20. The van der Waals surface area contributed by atoms with Crippen LogP contribution in [-0.2, 0) is 0 Å². The lowest BCUT2D eigenvalue weighted by atomic mass is 10.8. The van der Waals surface area contributed by atoms with Crippen LogP contribution in [0.1, 0.15) is 0 Å². The Morgan fingerprint density at radius 2 is 1.43 bits per heavy atom. The topological polar surface area (TPSA) is 62.4 Å². The molecule has 0 aromatic rings. The number of hydrogen-bond acceptors (Lipinski definition) is 3. The molecule has 1 heterocycles. The van der Waals surface area contributed by atoms with Gasteiger partial charge in [-0.25, -0.2) is 0 Å². The molecule has 0 unspecified atom stereocenters. The Morgan fingerprint density at radius 3 is 1.43 bits per heavy atom. The Kier molecular flexibility index (Phi) is 5.78. The van der Waals surface area contributed by atoms with Crippen LogP contribution in [0, 0.1) is 0 Å². The molecular weight excluding hydrogens is 94.0 g/mol. The van der Waals surface area contributed by atoms with E-state index < -0.39 is 0 Å². The average molecular weight is 105 g/mol. The van der Waals surface area contributed by atoms with Gasteiger partial charge in [-0.1, -0.05) is 0 Å². The highest BCUT2D eigenvalue weighted by Crippen LogP contribution is 1.65. The van der Waals surface area contributed by atoms with Crippen molar-refractivity contribution in [2.45, 2.75) is 0 Å². The zero-order valence-corrected chi connectivity index (χ0v) is 4.22. The summed E-state index contributed by atoms with van der Waals surface area (Å²) in [6.45, 7) is 2.25. The fraction of sp³-hybridized carbons (Fsp3) is 1.00. The molecule has 0 aliphatic carbocycles. The van der Waals surface area contributed by atoms with Gasteiger partial charge in [0.1, 0.15) is 0 Å². The molecule has 7 heavy (non-hydrogen) atoms. The summed E-state index contributed by atoms with van der Waals surface area (Å²) in [5.41, 5.74) is 0. The predicted octanol–water partition coefficient (Wildman–Crippen LogP) is -1.44. The number of hydrogen-bond donors (Lipinski definition) is 3. The van der Waals surface area contributed by atoms with Crippen molar-refractivity contribution in [3.63, 3.8) is 0 Å². The fourth-order valence-electron chi connectivity index (χ4n) is 0. The molecule has 0 atom stereocenters. The molecule has 0 bridgehead atoms. The molecule has 3 nitrogen and oxygen atoms in total. The number of aliphatic hydroxyl groups is 2. The van der Waals surface area contributed by atoms with Gasteiger partial charge in [-0.2, -0.15) is 0 Å².